The highest BCUT2D eigenvalue weighted by Crippen LogP contribution is 2.32. The summed E-state index contributed by atoms with van der Waals surface area (Å²) in [5.74, 6) is -1.78. The molecule has 14 nitrogen and oxygen atoms in total. The fraction of sp³-hybridized carbons (Fsp3) is 0.400. The van der Waals surface area contributed by atoms with Crippen LogP contribution in [0.5, 0.6) is 5.75 Å². The highest BCUT2D eigenvalue weighted by atomic mass is 32.2. The molecule has 0 unspecified atom stereocenters. The van der Waals surface area contributed by atoms with Crippen LogP contribution in [0.25, 0.3) is 11.1 Å². The summed E-state index contributed by atoms with van der Waals surface area (Å²) in [6, 6.07) is 6.70. The molecule has 2 aromatic heterocycles. The maximum Gasteiger partial charge on any atom is 0.362 e. The number of benzene rings is 1. The molecule has 16 heteroatoms. The summed E-state index contributed by atoms with van der Waals surface area (Å²) in [6.07, 6.45) is 4.66. The Morgan fingerprint density at radius 1 is 1.24 bits per heavy atom. The molecule has 0 radical (unpaired) electrons. The van der Waals surface area contributed by atoms with Crippen molar-refractivity contribution in [3.05, 3.63) is 47.7 Å². The predicted octanol–water partition coefficient (Wildman–Crippen LogP) is 0.776. The van der Waals surface area contributed by atoms with E-state index in [1.165, 1.54) is 12.3 Å². The standard InChI is InChI=1S/C25H31N7O7S2/c1-16-20(24(34)32(16)41(35,36)37)12-22(33)23(21-15-40-25(27)28-21)29-39-11-10-38-19-6-4-17(5-7-19)18-13-30(2)31(14-18)9-3-8-26/h4-7,13-16,20H,3,8-12,26H2,1-2H3,(H2-,27,28,35,36,37)/p+1/b29-23-/t16-,20+/m1/s1. The number of aryl methyl sites for hydroxylation is 2. The van der Waals surface area contributed by atoms with Crippen molar-refractivity contribution in [2.75, 3.05) is 25.5 Å². The van der Waals surface area contributed by atoms with Crippen molar-refractivity contribution in [2.24, 2.45) is 23.9 Å². The lowest BCUT2D eigenvalue weighted by atomic mass is 9.86. The summed E-state index contributed by atoms with van der Waals surface area (Å²) in [5.41, 5.74) is 13.4. The third-order valence-electron chi connectivity index (χ3n) is 6.57. The summed E-state index contributed by atoms with van der Waals surface area (Å²) in [4.78, 5) is 34.6. The number of ether oxygens (including phenoxy) is 1. The molecule has 0 bridgehead atoms. The van der Waals surface area contributed by atoms with E-state index in [4.69, 9.17) is 21.0 Å². The minimum Gasteiger partial charge on any atom is -0.490 e. The number of ketones is 1. The first-order valence-corrected chi connectivity index (χ1v) is 15.0. The third-order valence-corrected chi connectivity index (χ3v) is 8.25. The smallest absolute Gasteiger partial charge is 0.362 e. The van der Waals surface area contributed by atoms with Crippen LogP contribution in [-0.4, -0.2) is 70.1 Å². The zero-order chi connectivity index (χ0) is 29.7. The van der Waals surface area contributed by atoms with Gasteiger partial charge in [-0.2, -0.15) is 13.1 Å². The SMILES string of the molecule is C[C@@H]1[C@H](CC(=O)/C(=N\OCCOc2ccc(-c3cn(CCCN)[n+](C)c3)cc2)c2csc(N)n2)C(=O)N1S(=O)(=O)O. The number of amides is 1. The number of carbonyl (C=O) groups excluding carboxylic acids is 2. The Hall–Kier alpha value is -3.86. The Morgan fingerprint density at radius 3 is 2.59 bits per heavy atom. The zero-order valence-corrected chi connectivity index (χ0v) is 24.2. The minimum absolute atomic E-state index is 0.00722. The molecule has 0 aliphatic carbocycles. The molecule has 1 aliphatic heterocycles. The van der Waals surface area contributed by atoms with E-state index in [0.717, 1.165) is 35.4 Å². The van der Waals surface area contributed by atoms with Crippen LogP contribution in [0.1, 0.15) is 25.5 Å². The molecule has 1 amide bonds. The molecule has 2 atom stereocenters. The molecule has 3 heterocycles. The van der Waals surface area contributed by atoms with Crippen LogP contribution in [0.3, 0.4) is 0 Å². The molecule has 1 fully saturated rings. The summed E-state index contributed by atoms with van der Waals surface area (Å²) in [6.45, 7) is 3.03. The first-order valence-electron chi connectivity index (χ1n) is 12.7. The lowest BCUT2D eigenvalue weighted by molar-refractivity contribution is -0.753. The van der Waals surface area contributed by atoms with Gasteiger partial charge in [0.2, 0.25) is 12.1 Å². The van der Waals surface area contributed by atoms with E-state index in [1.807, 2.05) is 42.2 Å². The molecule has 5 N–H and O–H groups in total. The van der Waals surface area contributed by atoms with Gasteiger partial charge in [-0.15, -0.1) is 16.0 Å². The second-order valence-electron chi connectivity index (χ2n) is 9.40. The maximum absolute atomic E-state index is 13.0. The van der Waals surface area contributed by atoms with Crippen LogP contribution < -0.4 is 20.9 Å². The lowest BCUT2D eigenvalue weighted by Gasteiger charge is -2.41. The van der Waals surface area contributed by atoms with Crippen LogP contribution >= 0.6 is 11.3 Å². The van der Waals surface area contributed by atoms with Crippen molar-refractivity contribution in [1.82, 2.24) is 14.0 Å². The molecule has 1 aliphatic rings. The number of aromatic nitrogens is 3. The highest BCUT2D eigenvalue weighted by Gasteiger charge is 2.51. The molecule has 1 saturated heterocycles. The van der Waals surface area contributed by atoms with Gasteiger partial charge in [-0.05, 0) is 37.6 Å². The van der Waals surface area contributed by atoms with Crippen LogP contribution in [0, 0.1) is 5.92 Å². The Kier molecular flexibility index (Phi) is 9.37. The van der Waals surface area contributed by atoms with Crippen LogP contribution in [-0.2, 0) is 38.3 Å². The van der Waals surface area contributed by atoms with Gasteiger partial charge in [-0.3, -0.25) is 14.1 Å². The number of nitrogen functional groups attached to an aromatic ring is 1. The van der Waals surface area contributed by atoms with Crippen molar-refractivity contribution in [1.29, 1.82) is 0 Å². The molecule has 4 rings (SSSR count). The average Bonchev–Trinajstić information content (AvgIpc) is 3.52. The van der Waals surface area contributed by atoms with E-state index in [1.54, 1.807) is 0 Å². The van der Waals surface area contributed by atoms with Crippen molar-refractivity contribution < 1.29 is 36.8 Å². The largest absolute Gasteiger partial charge is 0.490 e. The van der Waals surface area contributed by atoms with Gasteiger partial charge in [0.1, 0.15) is 18.1 Å². The van der Waals surface area contributed by atoms with Gasteiger partial charge in [-0.1, -0.05) is 17.3 Å². The number of β-lactam (4-membered cyclic amide) rings is 1. The van der Waals surface area contributed by atoms with Gasteiger partial charge in [-0.25, -0.2) is 9.29 Å². The van der Waals surface area contributed by atoms with Crippen molar-refractivity contribution in [2.45, 2.75) is 32.4 Å². The Balaban J connectivity index is 1.33. The summed E-state index contributed by atoms with van der Waals surface area (Å²) >= 11 is 1.10. The fourth-order valence-electron chi connectivity index (χ4n) is 4.40. The van der Waals surface area contributed by atoms with E-state index in [0.29, 0.717) is 16.6 Å². The topological polar surface area (TPSA) is 196 Å². The zero-order valence-electron chi connectivity index (χ0n) is 22.5. The molecule has 3 aromatic rings. The first kappa shape index (κ1) is 30.1. The summed E-state index contributed by atoms with van der Waals surface area (Å²) < 4.78 is 42.1. The second kappa shape index (κ2) is 12.8. The normalized spacial score (nSPS) is 17.4. The van der Waals surface area contributed by atoms with Gasteiger partial charge in [0.15, 0.2) is 30.3 Å². The number of nitrogens with zero attached hydrogens (tertiary/aromatic N) is 5. The quantitative estimate of drug-likeness (QED) is 0.0589. The number of hydrogen-bond donors (Lipinski definition) is 3. The van der Waals surface area contributed by atoms with Crippen LogP contribution in [0.15, 0.2) is 47.2 Å². The molecule has 220 valence electrons. The second-order valence-corrected chi connectivity index (χ2v) is 11.6. The monoisotopic (exact) mass is 606 g/mol. The van der Waals surface area contributed by atoms with Gasteiger partial charge in [0, 0.05) is 11.8 Å². The van der Waals surface area contributed by atoms with E-state index in [2.05, 4.69) is 21.0 Å². The van der Waals surface area contributed by atoms with E-state index >= 15 is 0 Å². The number of oxime groups is 1. The third kappa shape index (κ3) is 7.08. The Morgan fingerprint density at radius 2 is 1.98 bits per heavy atom. The average molecular weight is 607 g/mol. The highest BCUT2D eigenvalue weighted by molar-refractivity contribution is 7.84. The maximum atomic E-state index is 13.0. The van der Waals surface area contributed by atoms with Gasteiger partial charge in [0.25, 0.3) is 0 Å². The molecular weight excluding hydrogens is 574 g/mol. The molecule has 0 spiro atoms. The molecule has 0 saturated carbocycles. The number of hydrogen-bond acceptors (Lipinski definition) is 11. The summed E-state index contributed by atoms with van der Waals surface area (Å²) in [7, 11) is -2.72. The van der Waals surface area contributed by atoms with E-state index in [9.17, 15) is 22.6 Å². The van der Waals surface area contributed by atoms with Crippen LogP contribution in [0.4, 0.5) is 5.13 Å². The Bertz CT molecular complexity index is 1530. The van der Waals surface area contributed by atoms with Gasteiger partial charge in [0.05, 0.1) is 30.3 Å². The van der Waals surface area contributed by atoms with Crippen molar-refractivity contribution >= 4 is 44.2 Å². The summed E-state index contributed by atoms with van der Waals surface area (Å²) in [5, 5.41) is 5.66. The van der Waals surface area contributed by atoms with Gasteiger partial charge < -0.3 is 21.0 Å². The number of Topliss-reactive ketones (excluding diaryl/α,β-unsaturated/α-hetero) is 1. The van der Waals surface area contributed by atoms with Gasteiger partial charge >= 0.3 is 10.3 Å². The first-order chi connectivity index (χ1) is 19.5. The predicted molar refractivity (Wildman–Crippen MR) is 150 cm³/mol. The minimum atomic E-state index is -4.70. The lowest BCUT2D eigenvalue weighted by Crippen LogP contribution is -2.62. The molecule has 41 heavy (non-hydrogen) atoms. The molecular formula is C25H32N7O7S2+. The fourth-order valence-corrected chi connectivity index (χ4v) is 5.88. The van der Waals surface area contributed by atoms with E-state index in [-0.39, 0.29) is 36.2 Å². The Labute approximate surface area is 241 Å². The number of thiazole rings is 1. The number of carbonyl (C=O) groups is 2. The van der Waals surface area contributed by atoms with E-state index < -0.39 is 34.0 Å². The number of rotatable bonds is 14. The van der Waals surface area contributed by atoms with Crippen LogP contribution in [0.2, 0.25) is 0 Å². The number of anilines is 1. The number of nitrogens with two attached hydrogens (primary N) is 2. The van der Waals surface area contributed by atoms with Crippen molar-refractivity contribution in [3.63, 3.8) is 0 Å². The molecule has 1 aromatic carbocycles. The van der Waals surface area contributed by atoms with Crippen molar-refractivity contribution in [3.8, 4) is 16.9 Å².